The van der Waals surface area contributed by atoms with Crippen LogP contribution < -0.4 is 0 Å². The number of para-hydroxylation sites is 1. The Bertz CT molecular complexity index is 2420. The quantitative estimate of drug-likeness (QED) is 0.199. The van der Waals surface area contributed by atoms with Crippen molar-refractivity contribution in [3.05, 3.63) is 127 Å². The Balaban J connectivity index is 1.24. The second kappa shape index (κ2) is 10.2. The molecular formula is C44H37N3. The summed E-state index contributed by atoms with van der Waals surface area (Å²) >= 11 is 0. The van der Waals surface area contributed by atoms with Crippen LogP contribution in [0.2, 0.25) is 0 Å². The van der Waals surface area contributed by atoms with E-state index in [0.29, 0.717) is 0 Å². The van der Waals surface area contributed by atoms with Gasteiger partial charge < -0.3 is 0 Å². The molecule has 2 heterocycles. The zero-order valence-electron chi connectivity index (χ0n) is 26.8. The molecule has 0 saturated heterocycles. The average molecular weight is 608 g/mol. The number of benzene rings is 6. The lowest BCUT2D eigenvalue weighted by atomic mass is 9.64. The van der Waals surface area contributed by atoms with Crippen LogP contribution in [-0.2, 0) is 5.41 Å². The number of rotatable bonds is 4. The predicted octanol–water partition coefficient (Wildman–Crippen LogP) is 11.6. The fraction of sp³-hybridized carbons (Fsp3) is 0.227. The van der Waals surface area contributed by atoms with E-state index in [1.54, 1.807) is 0 Å². The van der Waals surface area contributed by atoms with Crippen LogP contribution in [0, 0.1) is 11.8 Å². The Labute approximate surface area is 274 Å². The molecule has 0 aliphatic heterocycles. The van der Waals surface area contributed by atoms with Crippen LogP contribution in [0.4, 0.5) is 0 Å². The minimum absolute atomic E-state index is 0.265. The third kappa shape index (κ3) is 4.18. The molecule has 2 aliphatic rings. The Hall–Kier alpha value is -5.02. The third-order valence-electron chi connectivity index (χ3n) is 11.7. The van der Waals surface area contributed by atoms with Crippen LogP contribution in [0.25, 0.3) is 71.5 Å². The number of aromatic nitrogens is 3. The summed E-state index contributed by atoms with van der Waals surface area (Å²) in [6, 6.07) is 44.5. The molecule has 2 aromatic heterocycles. The van der Waals surface area contributed by atoms with Crippen molar-refractivity contribution < 1.29 is 0 Å². The molecular weight excluding hydrogens is 571 g/mol. The van der Waals surface area contributed by atoms with Gasteiger partial charge in [-0.15, -0.1) is 0 Å². The molecule has 6 aromatic carbocycles. The maximum Gasteiger partial charge on any atom is 0.235 e. The van der Waals surface area contributed by atoms with Crippen molar-refractivity contribution in [3.63, 3.8) is 0 Å². The van der Waals surface area contributed by atoms with Crippen LogP contribution in [0.15, 0.2) is 121 Å². The first-order valence-corrected chi connectivity index (χ1v) is 17.4. The standard InChI is InChI=1S/C44H37N3/c1-2-44(26-28-18-19-29(20-28)27-44)35-15-9-14-34(21-35)42-36-16-7-8-17-39(36)45-43(46-42)47-40-24-32-12-5-3-10-30(32)22-37(40)38-23-31-11-4-6-13-33(31)25-41(38)47/h3-17,21-25,28-29H,2,18-20,26-27H2,1H3/t28-,29?,44?/m0/s1. The van der Waals surface area contributed by atoms with Crippen LogP contribution in [0.3, 0.4) is 0 Å². The SMILES string of the molecule is CCC1(c2cccc(-c3nc(-n4c5cc6ccccc6cc5c5cc6ccccc6cc54)nc4ccccc34)c2)CC2CC[C@@H](C2)C1. The molecule has 0 radical (unpaired) electrons. The van der Waals surface area contributed by atoms with Gasteiger partial charge in [0, 0.05) is 21.7 Å². The Morgan fingerprint density at radius 1 is 0.617 bits per heavy atom. The van der Waals surface area contributed by atoms with Crippen molar-refractivity contribution in [2.45, 2.75) is 50.9 Å². The second-order valence-corrected chi connectivity index (χ2v) is 14.3. The van der Waals surface area contributed by atoms with E-state index >= 15 is 0 Å². The summed E-state index contributed by atoms with van der Waals surface area (Å²) < 4.78 is 2.30. The van der Waals surface area contributed by atoms with Crippen LogP contribution in [0.1, 0.15) is 51.0 Å². The first kappa shape index (κ1) is 27.1. The zero-order valence-corrected chi connectivity index (χ0v) is 26.8. The van der Waals surface area contributed by atoms with Crippen molar-refractivity contribution in [2.75, 3.05) is 0 Å². The van der Waals surface area contributed by atoms with Crippen LogP contribution in [-0.4, -0.2) is 14.5 Å². The molecule has 0 amide bonds. The van der Waals surface area contributed by atoms with Gasteiger partial charge in [-0.1, -0.05) is 105 Å². The maximum absolute atomic E-state index is 5.50. The fourth-order valence-electron chi connectivity index (χ4n) is 9.45. The van der Waals surface area contributed by atoms with E-state index in [1.165, 1.54) is 82.0 Å². The Morgan fingerprint density at radius 3 is 1.85 bits per heavy atom. The molecule has 2 fully saturated rings. The summed E-state index contributed by atoms with van der Waals surface area (Å²) in [5.74, 6) is 2.48. The molecule has 10 rings (SSSR count). The predicted molar refractivity (Wildman–Crippen MR) is 196 cm³/mol. The highest BCUT2D eigenvalue weighted by molar-refractivity contribution is 6.16. The van der Waals surface area contributed by atoms with Gasteiger partial charge in [0.2, 0.25) is 5.95 Å². The van der Waals surface area contributed by atoms with Crippen LogP contribution in [0.5, 0.6) is 0 Å². The molecule has 0 spiro atoms. The van der Waals surface area contributed by atoms with E-state index in [4.69, 9.17) is 9.97 Å². The van der Waals surface area contributed by atoms with Gasteiger partial charge >= 0.3 is 0 Å². The van der Waals surface area contributed by atoms with Gasteiger partial charge in [0.25, 0.3) is 0 Å². The van der Waals surface area contributed by atoms with Gasteiger partial charge in [0.1, 0.15) is 0 Å². The molecule has 3 atom stereocenters. The van der Waals surface area contributed by atoms with E-state index < -0.39 is 0 Å². The minimum atomic E-state index is 0.265. The number of hydrogen-bond acceptors (Lipinski definition) is 2. The van der Waals surface area contributed by atoms with Gasteiger partial charge in [-0.05, 0) is 106 Å². The van der Waals surface area contributed by atoms with Crippen molar-refractivity contribution in [2.24, 2.45) is 11.8 Å². The first-order chi connectivity index (χ1) is 23.2. The largest absolute Gasteiger partial charge is 0.278 e. The lowest BCUT2D eigenvalue weighted by Gasteiger charge is -2.41. The average Bonchev–Trinajstić information content (AvgIpc) is 3.63. The number of fused-ring (bicyclic) bond motifs is 8. The fourth-order valence-corrected chi connectivity index (χ4v) is 9.45. The van der Waals surface area contributed by atoms with Crippen molar-refractivity contribution in [3.8, 4) is 17.2 Å². The van der Waals surface area contributed by atoms with Crippen molar-refractivity contribution >= 4 is 54.3 Å². The Kier molecular flexibility index (Phi) is 5.91. The molecule has 2 bridgehead atoms. The minimum Gasteiger partial charge on any atom is -0.278 e. The molecule has 2 aliphatic carbocycles. The molecule has 2 saturated carbocycles. The summed E-state index contributed by atoms with van der Waals surface area (Å²) in [4.78, 5) is 10.8. The van der Waals surface area contributed by atoms with Gasteiger partial charge in [-0.2, -0.15) is 0 Å². The summed E-state index contributed by atoms with van der Waals surface area (Å²) in [7, 11) is 0. The summed E-state index contributed by atoms with van der Waals surface area (Å²) in [6.07, 6.45) is 8.10. The third-order valence-corrected chi connectivity index (χ3v) is 11.7. The summed E-state index contributed by atoms with van der Waals surface area (Å²) in [6.45, 7) is 2.41. The number of hydrogen-bond donors (Lipinski definition) is 0. The van der Waals surface area contributed by atoms with E-state index in [9.17, 15) is 0 Å². The van der Waals surface area contributed by atoms with Gasteiger partial charge in [0.15, 0.2) is 0 Å². The highest BCUT2D eigenvalue weighted by Gasteiger charge is 2.43. The van der Waals surface area contributed by atoms with Crippen molar-refractivity contribution in [1.82, 2.24) is 14.5 Å². The lowest BCUT2D eigenvalue weighted by molar-refractivity contribution is 0.207. The summed E-state index contributed by atoms with van der Waals surface area (Å²) in [5.41, 5.74) is 7.18. The smallest absolute Gasteiger partial charge is 0.235 e. The summed E-state index contributed by atoms with van der Waals surface area (Å²) in [5, 5.41) is 8.46. The first-order valence-electron chi connectivity index (χ1n) is 17.4. The molecule has 47 heavy (non-hydrogen) atoms. The van der Waals surface area contributed by atoms with E-state index in [0.717, 1.165) is 45.4 Å². The van der Waals surface area contributed by atoms with Gasteiger partial charge in [-0.25, -0.2) is 9.97 Å². The Morgan fingerprint density at radius 2 is 1.21 bits per heavy atom. The maximum atomic E-state index is 5.50. The highest BCUT2D eigenvalue weighted by Crippen LogP contribution is 2.53. The van der Waals surface area contributed by atoms with Gasteiger partial charge in [-0.3, -0.25) is 4.57 Å². The van der Waals surface area contributed by atoms with Gasteiger partial charge in [0.05, 0.1) is 22.2 Å². The normalized spacial score (nSPS) is 21.0. The monoisotopic (exact) mass is 607 g/mol. The highest BCUT2D eigenvalue weighted by atomic mass is 15.2. The van der Waals surface area contributed by atoms with E-state index in [-0.39, 0.29) is 5.41 Å². The molecule has 228 valence electrons. The topological polar surface area (TPSA) is 30.7 Å². The molecule has 3 nitrogen and oxygen atoms in total. The lowest BCUT2D eigenvalue weighted by Crippen LogP contribution is -2.33. The molecule has 2 unspecified atom stereocenters. The van der Waals surface area contributed by atoms with E-state index in [2.05, 4.69) is 133 Å². The van der Waals surface area contributed by atoms with Crippen molar-refractivity contribution in [1.29, 1.82) is 0 Å². The van der Waals surface area contributed by atoms with Crippen LogP contribution >= 0.6 is 0 Å². The van der Waals surface area contributed by atoms with E-state index in [1.807, 2.05) is 0 Å². The number of nitrogens with zero attached hydrogens (tertiary/aromatic N) is 3. The molecule has 8 aromatic rings. The molecule has 3 heteroatoms. The zero-order chi connectivity index (χ0) is 31.1. The second-order valence-electron chi connectivity index (χ2n) is 14.3. The molecule has 0 N–H and O–H groups in total.